The summed E-state index contributed by atoms with van der Waals surface area (Å²) >= 11 is 1.74. The number of amides is 1. The molecule has 0 bridgehead atoms. The van der Waals surface area contributed by atoms with Gasteiger partial charge in [-0.3, -0.25) is 4.79 Å². The first-order valence-corrected chi connectivity index (χ1v) is 8.91. The summed E-state index contributed by atoms with van der Waals surface area (Å²) in [6.07, 6.45) is 3.93. The lowest BCUT2D eigenvalue weighted by molar-refractivity contribution is -0.137. The van der Waals surface area contributed by atoms with E-state index in [-0.39, 0.29) is 17.4 Å². The van der Waals surface area contributed by atoms with Crippen molar-refractivity contribution in [3.63, 3.8) is 0 Å². The molecule has 0 radical (unpaired) electrons. The van der Waals surface area contributed by atoms with Gasteiger partial charge in [0.1, 0.15) is 5.01 Å². The highest BCUT2D eigenvalue weighted by atomic mass is 32.1. The average molecular weight is 316 g/mol. The Bertz CT molecular complexity index is 638. The Morgan fingerprint density at radius 2 is 2.09 bits per heavy atom. The number of hydrogen-bond acceptors (Lipinski definition) is 3. The maximum absolute atomic E-state index is 12.7. The minimum atomic E-state index is 0.0344. The Morgan fingerprint density at radius 1 is 1.32 bits per heavy atom. The number of benzene rings is 1. The third-order valence-electron chi connectivity index (χ3n) is 4.10. The maximum atomic E-state index is 12.7. The van der Waals surface area contributed by atoms with E-state index in [0.29, 0.717) is 6.42 Å². The minimum absolute atomic E-state index is 0.0344. The van der Waals surface area contributed by atoms with Gasteiger partial charge in [-0.1, -0.05) is 32.9 Å². The zero-order chi connectivity index (χ0) is 15.7. The van der Waals surface area contributed by atoms with E-state index in [0.717, 1.165) is 29.9 Å². The molecule has 118 valence electrons. The van der Waals surface area contributed by atoms with E-state index in [2.05, 4.69) is 37.8 Å². The van der Waals surface area contributed by atoms with Crippen LogP contribution in [0.2, 0.25) is 0 Å². The van der Waals surface area contributed by atoms with Gasteiger partial charge in [-0.2, -0.15) is 0 Å². The monoisotopic (exact) mass is 316 g/mol. The Labute approximate surface area is 136 Å². The molecular formula is C18H24N2OS. The number of rotatable bonds is 2. The molecular weight excluding hydrogens is 292 g/mol. The van der Waals surface area contributed by atoms with Crippen molar-refractivity contribution in [3.05, 3.63) is 29.3 Å². The van der Waals surface area contributed by atoms with Crippen LogP contribution in [-0.4, -0.2) is 22.3 Å². The molecule has 1 atom stereocenters. The van der Waals surface area contributed by atoms with Gasteiger partial charge in [-0.05, 0) is 36.8 Å². The lowest BCUT2D eigenvalue weighted by Crippen LogP contribution is -2.39. The summed E-state index contributed by atoms with van der Waals surface area (Å²) in [7, 11) is 0. The van der Waals surface area contributed by atoms with E-state index in [4.69, 9.17) is 4.98 Å². The van der Waals surface area contributed by atoms with Crippen LogP contribution >= 0.6 is 11.3 Å². The van der Waals surface area contributed by atoms with Crippen molar-refractivity contribution in [2.45, 2.75) is 52.5 Å². The molecule has 0 N–H and O–H groups in total. The van der Waals surface area contributed by atoms with Crippen LogP contribution in [0.5, 0.6) is 0 Å². The van der Waals surface area contributed by atoms with Crippen LogP contribution in [0.1, 0.15) is 57.5 Å². The fourth-order valence-electron chi connectivity index (χ4n) is 3.07. The quantitative estimate of drug-likeness (QED) is 0.798. The number of thiazole rings is 1. The summed E-state index contributed by atoms with van der Waals surface area (Å²) in [6.45, 7) is 7.25. The van der Waals surface area contributed by atoms with Crippen LogP contribution in [0.3, 0.4) is 0 Å². The zero-order valence-corrected chi connectivity index (χ0v) is 14.4. The van der Waals surface area contributed by atoms with Gasteiger partial charge in [0.15, 0.2) is 0 Å². The van der Waals surface area contributed by atoms with Gasteiger partial charge in [0, 0.05) is 13.0 Å². The van der Waals surface area contributed by atoms with Gasteiger partial charge >= 0.3 is 0 Å². The van der Waals surface area contributed by atoms with Gasteiger partial charge < -0.3 is 4.90 Å². The number of likely N-dealkylation sites (tertiary alicyclic amines) is 1. The Morgan fingerprint density at radius 3 is 2.82 bits per heavy atom. The summed E-state index contributed by atoms with van der Waals surface area (Å²) in [6, 6.07) is 8.41. The SMILES string of the molecule is CC(C)(C)CC(=O)N1CCCCC1c1nc2ccccc2s1. The van der Waals surface area contributed by atoms with Crippen LogP contribution in [0.4, 0.5) is 0 Å². The van der Waals surface area contributed by atoms with Crippen LogP contribution < -0.4 is 0 Å². The van der Waals surface area contributed by atoms with E-state index in [1.165, 1.54) is 11.1 Å². The van der Waals surface area contributed by atoms with Gasteiger partial charge in [0.2, 0.25) is 5.91 Å². The van der Waals surface area contributed by atoms with Crippen molar-refractivity contribution >= 4 is 27.5 Å². The van der Waals surface area contributed by atoms with Crippen molar-refractivity contribution < 1.29 is 4.79 Å². The first kappa shape index (κ1) is 15.5. The molecule has 0 saturated carbocycles. The number of nitrogens with zero attached hydrogens (tertiary/aromatic N) is 2. The molecule has 3 rings (SSSR count). The predicted octanol–water partition coefficient (Wildman–Crippen LogP) is 4.79. The maximum Gasteiger partial charge on any atom is 0.223 e. The fraction of sp³-hybridized carbons (Fsp3) is 0.556. The highest BCUT2D eigenvalue weighted by Gasteiger charge is 2.31. The van der Waals surface area contributed by atoms with Crippen LogP contribution in [0.15, 0.2) is 24.3 Å². The van der Waals surface area contributed by atoms with Crippen molar-refractivity contribution in [2.75, 3.05) is 6.54 Å². The number of aromatic nitrogens is 1. The molecule has 2 heterocycles. The molecule has 1 fully saturated rings. The van der Waals surface area contributed by atoms with E-state index in [1.54, 1.807) is 11.3 Å². The number of piperidine rings is 1. The molecule has 0 aliphatic carbocycles. The normalized spacial score (nSPS) is 19.6. The molecule has 1 aliphatic rings. The summed E-state index contributed by atoms with van der Waals surface area (Å²) < 4.78 is 1.21. The van der Waals surface area contributed by atoms with Crippen molar-refractivity contribution in [2.24, 2.45) is 5.41 Å². The first-order chi connectivity index (χ1) is 10.4. The van der Waals surface area contributed by atoms with Crippen molar-refractivity contribution in [3.8, 4) is 0 Å². The average Bonchev–Trinajstić information content (AvgIpc) is 2.89. The first-order valence-electron chi connectivity index (χ1n) is 8.09. The second-order valence-corrected chi connectivity index (χ2v) is 8.42. The van der Waals surface area contributed by atoms with Crippen LogP contribution in [-0.2, 0) is 4.79 Å². The van der Waals surface area contributed by atoms with E-state index in [9.17, 15) is 4.79 Å². The zero-order valence-electron chi connectivity index (χ0n) is 13.6. The predicted molar refractivity (Wildman–Crippen MR) is 92.0 cm³/mol. The molecule has 1 aromatic carbocycles. The molecule has 1 unspecified atom stereocenters. The molecule has 0 spiro atoms. The Balaban J connectivity index is 1.87. The standard InChI is InChI=1S/C18H24N2OS/c1-18(2,3)12-16(21)20-11-7-6-9-14(20)17-19-13-8-4-5-10-15(13)22-17/h4-5,8,10,14H,6-7,9,11-12H2,1-3H3. The summed E-state index contributed by atoms with van der Waals surface area (Å²) in [5, 5.41) is 1.10. The highest BCUT2D eigenvalue weighted by Crippen LogP contribution is 2.36. The van der Waals surface area contributed by atoms with Crippen LogP contribution in [0, 0.1) is 5.41 Å². The van der Waals surface area contributed by atoms with Gasteiger partial charge in [-0.15, -0.1) is 11.3 Å². The van der Waals surface area contributed by atoms with E-state index >= 15 is 0 Å². The molecule has 1 aliphatic heterocycles. The number of hydrogen-bond donors (Lipinski definition) is 0. The topological polar surface area (TPSA) is 33.2 Å². The molecule has 3 nitrogen and oxygen atoms in total. The minimum Gasteiger partial charge on any atom is -0.333 e. The highest BCUT2D eigenvalue weighted by molar-refractivity contribution is 7.18. The van der Waals surface area contributed by atoms with E-state index < -0.39 is 0 Å². The Hall–Kier alpha value is -1.42. The number of para-hydroxylation sites is 1. The fourth-order valence-corrected chi connectivity index (χ4v) is 4.19. The van der Waals surface area contributed by atoms with E-state index in [1.807, 2.05) is 12.1 Å². The van der Waals surface area contributed by atoms with Gasteiger partial charge in [-0.25, -0.2) is 4.98 Å². The summed E-state index contributed by atoms with van der Waals surface area (Å²) in [4.78, 5) is 19.6. The third-order valence-corrected chi connectivity index (χ3v) is 5.24. The molecule has 1 amide bonds. The molecule has 4 heteroatoms. The number of carbonyl (C=O) groups is 1. The number of carbonyl (C=O) groups excluding carboxylic acids is 1. The third kappa shape index (κ3) is 3.32. The molecule has 1 saturated heterocycles. The van der Waals surface area contributed by atoms with Crippen molar-refractivity contribution in [1.82, 2.24) is 9.88 Å². The van der Waals surface area contributed by atoms with Crippen LogP contribution in [0.25, 0.3) is 10.2 Å². The second-order valence-electron chi connectivity index (χ2n) is 7.36. The molecule has 1 aromatic heterocycles. The lowest BCUT2D eigenvalue weighted by atomic mass is 9.90. The van der Waals surface area contributed by atoms with Crippen molar-refractivity contribution in [1.29, 1.82) is 0 Å². The summed E-state index contributed by atoms with van der Waals surface area (Å²) in [5.41, 5.74) is 1.09. The van der Waals surface area contributed by atoms with Gasteiger partial charge in [0.25, 0.3) is 0 Å². The lowest BCUT2D eigenvalue weighted by Gasteiger charge is -2.36. The Kier molecular flexibility index (Phi) is 4.22. The largest absolute Gasteiger partial charge is 0.333 e. The van der Waals surface area contributed by atoms with Gasteiger partial charge in [0.05, 0.1) is 16.3 Å². The smallest absolute Gasteiger partial charge is 0.223 e. The second kappa shape index (κ2) is 5.99. The molecule has 22 heavy (non-hydrogen) atoms. The molecule has 2 aromatic rings. The number of fused-ring (bicyclic) bond motifs is 1. The summed E-state index contributed by atoms with van der Waals surface area (Å²) in [5.74, 6) is 0.274.